The number of fused-ring (bicyclic) bond motifs is 1. The molecular weight excluding hydrogens is 283 g/mol. The van der Waals surface area contributed by atoms with Gasteiger partial charge < -0.3 is 0 Å². The van der Waals surface area contributed by atoms with Crippen molar-refractivity contribution in [1.29, 1.82) is 0 Å². The molecule has 4 nitrogen and oxygen atoms in total. The van der Waals surface area contributed by atoms with Crippen LogP contribution in [0, 0.1) is 0 Å². The lowest BCUT2D eigenvalue weighted by atomic mass is 10.1. The molecule has 0 saturated carbocycles. The SMILES string of the molecule is O=Cc1cccc2nc(-c3cccc(C(F)(F)F)c3)nn12. The number of halogens is 3. The Labute approximate surface area is 116 Å². The summed E-state index contributed by atoms with van der Waals surface area (Å²) in [4.78, 5) is 15.1. The van der Waals surface area contributed by atoms with Gasteiger partial charge in [0, 0.05) is 5.56 Å². The molecule has 2 heterocycles. The van der Waals surface area contributed by atoms with Crippen molar-refractivity contribution >= 4 is 11.9 Å². The van der Waals surface area contributed by atoms with Gasteiger partial charge in [0.05, 0.1) is 5.56 Å². The van der Waals surface area contributed by atoms with Gasteiger partial charge in [-0.1, -0.05) is 18.2 Å². The molecule has 1 aromatic carbocycles. The van der Waals surface area contributed by atoms with E-state index in [0.29, 0.717) is 11.9 Å². The summed E-state index contributed by atoms with van der Waals surface area (Å²) in [6.07, 6.45) is -3.82. The highest BCUT2D eigenvalue weighted by Crippen LogP contribution is 2.31. The number of aldehydes is 1. The third-order valence-corrected chi connectivity index (χ3v) is 2.96. The van der Waals surface area contributed by atoms with E-state index in [4.69, 9.17) is 0 Å². The van der Waals surface area contributed by atoms with Crippen molar-refractivity contribution in [2.75, 3.05) is 0 Å². The predicted octanol–water partition coefficient (Wildman–Crippen LogP) is 3.23. The van der Waals surface area contributed by atoms with Crippen molar-refractivity contribution in [3.8, 4) is 11.4 Å². The molecule has 3 aromatic rings. The summed E-state index contributed by atoms with van der Waals surface area (Å²) in [5.74, 6) is 0.135. The third-order valence-electron chi connectivity index (χ3n) is 2.96. The lowest BCUT2D eigenvalue weighted by Crippen LogP contribution is -2.04. The van der Waals surface area contributed by atoms with Crippen LogP contribution in [0.25, 0.3) is 17.0 Å². The fourth-order valence-corrected chi connectivity index (χ4v) is 1.97. The molecule has 0 saturated heterocycles. The Kier molecular flexibility index (Phi) is 2.97. The monoisotopic (exact) mass is 291 g/mol. The summed E-state index contributed by atoms with van der Waals surface area (Å²) in [5.41, 5.74) is 0.144. The number of hydrogen-bond donors (Lipinski definition) is 0. The zero-order chi connectivity index (χ0) is 15.0. The second kappa shape index (κ2) is 4.69. The number of aromatic nitrogens is 3. The average molecular weight is 291 g/mol. The van der Waals surface area contributed by atoms with Crippen LogP contribution in [-0.2, 0) is 6.18 Å². The van der Waals surface area contributed by atoms with Crippen LogP contribution in [0.3, 0.4) is 0 Å². The highest BCUT2D eigenvalue weighted by atomic mass is 19.4. The zero-order valence-corrected chi connectivity index (χ0v) is 10.5. The Morgan fingerprint density at radius 1 is 1.10 bits per heavy atom. The van der Waals surface area contributed by atoms with Crippen molar-refractivity contribution in [1.82, 2.24) is 14.6 Å². The Morgan fingerprint density at radius 2 is 1.86 bits per heavy atom. The van der Waals surface area contributed by atoms with Gasteiger partial charge in [-0.2, -0.15) is 13.2 Å². The van der Waals surface area contributed by atoms with Gasteiger partial charge in [0.25, 0.3) is 0 Å². The molecular formula is C14H8F3N3O. The highest BCUT2D eigenvalue weighted by molar-refractivity contribution is 5.74. The summed E-state index contributed by atoms with van der Waals surface area (Å²) >= 11 is 0. The van der Waals surface area contributed by atoms with E-state index >= 15 is 0 Å². The van der Waals surface area contributed by atoms with Gasteiger partial charge in [-0.15, -0.1) is 5.10 Å². The van der Waals surface area contributed by atoms with Gasteiger partial charge in [-0.05, 0) is 24.3 Å². The molecule has 0 unspecified atom stereocenters. The molecule has 0 aliphatic rings. The second-order valence-corrected chi connectivity index (χ2v) is 4.35. The molecule has 0 atom stereocenters. The Bertz CT molecular complexity index is 824. The molecule has 21 heavy (non-hydrogen) atoms. The molecule has 106 valence electrons. The lowest BCUT2D eigenvalue weighted by Gasteiger charge is -2.06. The molecule has 0 aliphatic carbocycles. The highest BCUT2D eigenvalue weighted by Gasteiger charge is 2.30. The van der Waals surface area contributed by atoms with Gasteiger partial charge in [-0.25, -0.2) is 9.50 Å². The van der Waals surface area contributed by atoms with E-state index in [1.54, 1.807) is 18.2 Å². The fourth-order valence-electron chi connectivity index (χ4n) is 1.97. The standard InChI is InChI=1S/C14H8F3N3O/c15-14(16,17)10-4-1-3-9(7-10)13-18-12-6-2-5-11(8-21)20(12)19-13/h1-8H. The molecule has 2 aromatic heterocycles. The first kappa shape index (κ1) is 13.3. The van der Waals surface area contributed by atoms with Crippen LogP contribution in [0.5, 0.6) is 0 Å². The molecule has 7 heteroatoms. The van der Waals surface area contributed by atoms with Gasteiger partial charge in [0.1, 0.15) is 5.69 Å². The number of carbonyl (C=O) groups is 1. The summed E-state index contributed by atoms with van der Waals surface area (Å²) in [5, 5.41) is 4.08. The average Bonchev–Trinajstić information content (AvgIpc) is 2.90. The van der Waals surface area contributed by atoms with Crippen LogP contribution >= 0.6 is 0 Å². The maximum Gasteiger partial charge on any atom is 0.416 e. The number of rotatable bonds is 2. The summed E-state index contributed by atoms with van der Waals surface area (Å²) in [6, 6.07) is 9.55. The second-order valence-electron chi connectivity index (χ2n) is 4.35. The minimum absolute atomic E-state index is 0.135. The summed E-state index contributed by atoms with van der Waals surface area (Å²) in [6.45, 7) is 0. The van der Waals surface area contributed by atoms with E-state index in [1.807, 2.05) is 0 Å². The lowest BCUT2D eigenvalue weighted by molar-refractivity contribution is -0.137. The van der Waals surface area contributed by atoms with E-state index in [2.05, 4.69) is 10.1 Å². The molecule has 3 rings (SSSR count). The number of carbonyl (C=O) groups excluding carboxylic acids is 1. The van der Waals surface area contributed by atoms with Crippen LogP contribution in [0.4, 0.5) is 13.2 Å². The first-order valence-electron chi connectivity index (χ1n) is 5.97. The van der Waals surface area contributed by atoms with E-state index in [1.165, 1.54) is 16.6 Å². The summed E-state index contributed by atoms with van der Waals surface area (Å²) < 4.78 is 39.4. The van der Waals surface area contributed by atoms with Gasteiger partial charge in [0.15, 0.2) is 17.8 Å². The molecule has 0 fully saturated rings. The predicted molar refractivity (Wildman–Crippen MR) is 68.8 cm³/mol. The van der Waals surface area contributed by atoms with Crippen molar-refractivity contribution in [3.05, 3.63) is 53.7 Å². The van der Waals surface area contributed by atoms with Gasteiger partial charge >= 0.3 is 6.18 Å². The molecule has 0 bridgehead atoms. The van der Waals surface area contributed by atoms with Crippen LogP contribution in [-0.4, -0.2) is 20.9 Å². The zero-order valence-electron chi connectivity index (χ0n) is 10.5. The van der Waals surface area contributed by atoms with Crippen LogP contribution in [0.2, 0.25) is 0 Å². The van der Waals surface area contributed by atoms with Crippen LogP contribution in [0.1, 0.15) is 16.1 Å². The minimum Gasteiger partial charge on any atom is -0.296 e. The van der Waals surface area contributed by atoms with Crippen molar-refractivity contribution in [3.63, 3.8) is 0 Å². The number of pyridine rings is 1. The molecule has 0 N–H and O–H groups in total. The quantitative estimate of drug-likeness (QED) is 0.681. The van der Waals surface area contributed by atoms with E-state index < -0.39 is 11.7 Å². The molecule has 0 aliphatic heterocycles. The van der Waals surface area contributed by atoms with E-state index in [0.717, 1.165) is 12.1 Å². The first-order valence-corrected chi connectivity index (χ1v) is 5.97. The van der Waals surface area contributed by atoms with Crippen LogP contribution < -0.4 is 0 Å². The Morgan fingerprint density at radius 3 is 2.57 bits per heavy atom. The smallest absolute Gasteiger partial charge is 0.296 e. The molecule has 0 spiro atoms. The first-order chi connectivity index (χ1) is 9.99. The van der Waals surface area contributed by atoms with Gasteiger partial charge in [0.2, 0.25) is 0 Å². The third kappa shape index (κ3) is 2.37. The Balaban J connectivity index is 2.15. The maximum absolute atomic E-state index is 12.7. The van der Waals surface area contributed by atoms with Crippen LogP contribution in [0.15, 0.2) is 42.5 Å². The largest absolute Gasteiger partial charge is 0.416 e. The summed E-state index contributed by atoms with van der Waals surface area (Å²) in [7, 11) is 0. The maximum atomic E-state index is 12.7. The molecule has 0 radical (unpaired) electrons. The van der Waals surface area contributed by atoms with Crippen molar-refractivity contribution in [2.45, 2.75) is 6.18 Å². The number of benzene rings is 1. The normalized spacial score (nSPS) is 11.8. The minimum atomic E-state index is -4.43. The van der Waals surface area contributed by atoms with Crippen molar-refractivity contribution < 1.29 is 18.0 Å². The number of nitrogens with zero attached hydrogens (tertiary/aromatic N) is 3. The number of alkyl halides is 3. The van der Waals surface area contributed by atoms with Crippen molar-refractivity contribution in [2.24, 2.45) is 0 Å². The van der Waals surface area contributed by atoms with E-state index in [-0.39, 0.29) is 17.1 Å². The topological polar surface area (TPSA) is 47.3 Å². The molecule has 0 amide bonds. The Hall–Kier alpha value is -2.70. The number of hydrogen-bond acceptors (Lipinski definition) is 3. The van der Waals surface area contributed by atoms with Gasteiger partial charge in [-0.3, -0.25) is 4.79 Å². The van der Waals surface area contributed by atoms with E-state index in [9.17, 15) is 18.0 Å². The fraction of sp³-hybridized carbons (Fsp3) is 0.0714.